The summed E-state index contributed by atoms with van der Waals surface area (Å²) in [7, 11) is -3.54. The largest absolute Gasteiger partial charge is 0.361 e. The van der Waals surface area contributed by atoms with Gasteiger partial charge in [-0.1, -0.05) is 48.5 Å². The molecule has 0 radical (unpaired) electrons. The molecule has 0 aromatic heterocycles. The number of benzene rings is 2. The van der Waals surface area contributed by atoms with Crippen LogP contribution in [-0.2, 0) is 19.4 Å². The summed E-state index contributed by atoms with van der Waals surface area (Å²) in [4.78, 5) is 12.3. The summed E-state index contributed by atoms with van der Waals surface area (Å²) < 4.78 is 30.7. The number of ether oxygens (including phenoxy) is 1. The van der Waals surface area contributed by atoms with E-state index in [1.165, 1.54) is 12.1 Å². The number of rotatable bonds is 4. The summed E-state index contributed by atoms with van der Waals surface area (Å²) in [5.41, 5.74) is 0.974. The predicted octanol–water partition coefficient (Wildman–Crippen LogP) is 2.95. The molecule has 2 aromatic rings. The second-order valence-corrected chi connectivity index (χ2v) is 7.66. The molecule has 1 heterocycles. The fourth-order valence-electron chi connectivity index (χ4n) is 2.75. The SMILES string of the molecule is O=C1CC[C@H](c2ccccc2)O[C@H]1CS(=O)(=O)c1ccccc1. The van der Waals surface area contributed by atoms with Gasteiger partial charge in [-0.2, -0.15) is 0 Å². The third kappa shape index (κ3) is 3.68. The van der Waals surface area contributed by atoms with Crippen LogP contribution in [0.3, 0.4) is 0 Å². The Balaban J connectivity index is 1.77. The van der Waals surface area contributed by atoms with Gasteiger partial charge in [0.15, 0.2) is 15.6 Å². The van der Waals surface area contributed by atoms with Crippen molar-refractivity contribution < 1.29 is 17.9 Å². The maximum Gasteiger partial charge on any atom is 0.181 e. The number of Topliss-reactive ketones (excluding diaryl/α,β-unsaturated/α-hetero) is 1. The number of sulfone groups is 1. The first kappa shape index (κ1) is 15.9. The molecule has 2 atom stereocenters. The second kappa shape index (κ2) is 6.64. The highest BCUT2D eigenvalue weighted by Crippen LogP contribution is 2.30. The first-order valence-electron chi connectivity index (χ1n) is 7.57. The van der Waals surface area contributed by atoms with Crippen LogP contribution in [0.15, 0.2) is 65.6 Å². The van der Waals surface area contributed by atoms with E-state index in [0.717, 1.165) is 5.56 Å². The minimum Gasteiger partial charge on any atom is -0.361 e. The van der Waals surface area contributed by atoms with Gasteiger partial charge in [0, 0.05) is 6.42 Å². The van der Waals surface area contributed by atoms with Crippen molar-refractivity contribution >= 4 is 15.6 Å². The third-order valence-electron chi connectivity index (χ3n) is 3.99. The van der Waals surface area contributed by atoms with Crippen molar-refractivity contribution in [2.24, 2.45) is 0 Å². The quantitative estimate of drug-likeness (QED) is 0.865. The lowest BCUT2D eigenvalue weighted by Crippen LogP contribution is -2.37. The Bertz CT molecular complexity index is 769. The lowest BCUT2D eigenvalue weighted by Gasteiger charge is -2.29. The highest BCUT2D eigenvalue weighted by atomic mass is 32.2. The van der Waals surface area contributed by atoms with Crippen molar-refractivity contribution in [3.8, 4) is 0 Å². The minimum atomic E-state index is -3.54. The number of ketones is 1. The molecule has 1 aliphatic rings. The molecule has 0 unspecified atom stereocenters. The molecule has 0 bridgehead atoms. The van der Waals surface area contributed by atoms with Gasteiger partial charge in [0.05, 0.1) is 16.8 Å². The molecule has 4 nitrogen and oxygen atoms in total. The van der Waals surface area contributed by atoms with Gasteiger partial charge >= 0.3 is 0 Å². The Morgan fingerprint density at radius 1 is 0.957 bits per heavy atom. The van der Waals surface area contributed by atoms with E-state index in [4.69, 9.17) is 4.74 Å². The predicted molar refractivity (Wildman–Crippen MR) is 86.8 cm³/mol. The molecule has 3 rings (SSSR count). The molecule has 0 aliphatic carbocycles. The van der Waals surface area contributed by atoms with Crippen LogP contribution in [0.2, 0.25) is 0 Å². The van der Waals surface area contributed by atoms with E-state index < -0.39 is 15.9 Å². The van der Waals surface area contributed by atoms with Crippen LogP contribution in [0.5, 0.6) is 0 Å². The van der Waals surface area contributed by atoms with Crippen LogP contribution in [-0.4, -0.2) is 26.1 Å². The summed E-state index contributed by atoms with van der Waals surface area (Å²) in [5.74, 6) is -0.448. The van der Waals surface area contributed by atoms with Crippen LogP contribution in [0.4, 0.5) is 0 Å². The van der Waals surface area contributed by atoms with Crippen LogP contribution in [0, 0.1) is 0 Å². The van der Waals surface area contributed by atoms with E-state index in [2.05, 4.69) is 0 Å². The van der Waals surface area contributed by atoms with Gasteiger partial charge in [-0.05, 0) is 24.1 Å². The highest BCUT2D eigenvalue weighted by Gasteiger charge is 2.34. The fourth-order valence-corrected chi connectivity index (χ4v) is 4.17. The maximum atomic E-state index is 12.5. The number of carbonyl (C=O) groups excluding carboxylic acids is 1. The molecule has 0 saturated carbocycles. The summed E-state index contributed by atoms with van der Waals surface area (Å²) in [6.45, 7) is 0. The first-order chi connectivity index (χ1) is 11.1. The molecule has 0 N–H and O–H groups in total. The van der Waals surface area contributed by atoms with Gasteiger partial charge in [-0.25, -0.2) is 8.42 Å². The lowest BCUT2D eigenvalue weighted by molar-refractivity contribution is -0.140. The fraction of sp³-hybridized carbons (Fsp3) is 0.278. The number of carbonyl (C=O) groups is 1. The van der Waals surface area contributed by atoms with Gasteiger partial charge in [0.1, 0.15) is 6.10 Å². The molecular formula is C18H18O4S. The Hall–Kier alpha value is -1.98. The van der Waals surface area contributed by atoms with E-state index in [1.54, 1.807) is 18.2 Å². The second-order valence-electron chi connectivity index (χ2n) is 5.62. The third-order valence-corrected chi connectivity index (χ3v) is 5.72. The molecule has 1 saturated heterocycles. The van der Waals surface area contributed by atoms with Crippen LogP contribution < -0.4 is 0 Å². The van der Waals surface area contributed by atoms with Gasteiger partial charge in [0.2, 0.25) is 0 Å². The molecule has 1 fully saturated rings. The van der Waals surface area contributed by atoms with E-state index in [1.807, 2.05) is 30.3 Å². The van der Waals surface area contributed by atoms with Gasteiger partial charge in [-0.3, -0.25) is 4.79 Å². The average molecular weight is 330 g/mol. The molecule has 1 aliphatic heterocycles. The highest BCUT2D eigenvalue weighted by molar-refractivity contribution is 7.91. The molecule has 23 heavy (non-hydrogen) atoms. The van der Waals surface area contributed by atoms with E-state index in [0.29, 0.717) is 12.8 Å². The van der Waals surface area contributed by atoms with E-state index >= 15 is 0 Å². The number of hydrogen-bond acceptors (Lipinski definition) is 4. The summed E-state index contributed by atoms with van der Waals surface area (Å²) in [5, 5.41) is 0. The smallest absolute Gasteiger partial charge is 0.181 e. The minimum absolute atomic E-state index is 0.142. The van der Waals surface area contributed by atoms with Gasteiger partial charge in [0.25, 0.3) is 0 Å². The standard InChI is InChI=1S/C18H18O4S/c19-16-11-12-17(14-7-3-1-4-8-14)22-18(16)13-23(20,21)15-9-5-2-6-10-15/h1-10,17-18H,11-13H2/t17-,18+/m1/s1. The Labute approximate surface area is 136 Å². The molecule has 2 aromatic carbocycles. The Kier molecular flexibility index (Phi) is 4.59. The maximum absolute atomic E-state index is 12.5. The number of hydrogen-bond donors (Lipinski definition) is 0. The molecule has 120 valence electrons. The molecule has 0 amide bonds. The summed E-state index contributed by atoms with van der Waals surface area (Å²) in [6.07, 6.45) is -0.205. The van der Waals surface area contributed by atoms with Gasteiger partial charge in [-0.15, -0.1) is 0 Å². The van der Waals surface area contributed by atoms with Crippen LogP contribution >= 0.6 is 0 Å². The molecule has 5 heteroatoms. The van der Waals surface area contributed by atoms with E-state index in [-0.39, 0.29) is 22.5 Å². The van der Waals surface area contributed by atoms with Gasteiger partial charge < -0.3 is 4.74 Å². The topological polar surface area (TPSA) is 60.4 Å². The monoisotopic (exact) mass is 330 g/mol. The lowest BCUT2D eigenvalue weighted by atomic mass is 9.98. The average Bonchev–Trinajstić information content (AvgIpc) is 2.58. The first-order valence-corrected chi connectivity index (χ1v) is 9.22. The van der Waals surface area contributed by atoms with Crippen molar-refractivity contribution in [2.75, 3.05) is 5.75 Å². The van der Waals surface area contributed by atoms with Crippen LogP contribution in [0.25, 0.3) is 0 Å². The van der Waals surface area contributed by atoms with Crippen molar-refractivity contribution in [1.82, 2.24) is 0 Å². The zero-order valence-electron chi connectivity index (χ0n) is 12.6. The normalized spacial score (nSPS) is 22.0. The molecule has 0 spiro atoms. The van der Waals surface area contributed by atoms with Crippen molar-refractivity contribution in [3.05, 3.63) is 66.2 Å². The van der Waals surface area contributed by atoms with Crippen molar-refractivity contribution in [1.29, 1.82) is 0 Å². The summed E-state index contributed by atoms with van der Waals surface area (Å²) in [6, 6.07) is 17.8. The summed E-state index contributed by atoms with van der Waals surface area (Å²) >= 11 is 0. The van der Waals surface area contributed by atoms with Crippen molar-refractivity contribution in [2.45, 2.75) is 29.9 Å². The van der Waals surface area contributed by atoms with E-state index in [9.17, 15) is 13.2 Å². The Morgan fingerprint density at radius 3 is 2.22 bits per heavy atom. The zero-order chi connectivity index (χ0) is 16.3. The zero-order valence-corrected chi connectivity index (χ0v) is 13.4. The van der Waals surface area contributed by atoms with Crippen LogP contribution in [0.1, 0.15) is 24.5 Å². The molecular weight excluding hydrogens is 312 g/mol. The Morgan fingerprint density at radius 2 is 1.57 bits per heavy atom. The van der Waals surface area contributed by atoms with Crippen molar-refractivity contribution in [3.63, 3.8) is 0 Å².